The van der Waals surface area contributed by atoms with Crippen LogP contribution >= 0.6 is 0 Å². The van der Waals surface area contributed by atoms with E-state index in [4.69, 9.17) is 0 Å². The van der Waals surface area contributed by atoms with E-state index in [9.17, 15) is 0 Å². The van der Waals surface area contributed by atoms with Gasteiger partial charge in [0.2, 0.25) is 0 Å². The summed E-state index contributed by atoms with van der Waals surface area (Å²) in [6, 6.07) is 1.63. The van der Waals surface area contributed by atoms with E-state index < -0.39 is 0 Å². The van der Waals surface area contributed by atoms with Gasteiger partial charge in [0.05, 0.1) is 0 Å². The Bertz CT molecular complexity index is 201. The second-order valence-electron chi connectivity index (χ2n) is 5.40. The lowest BCUT2D eigenvalue weighted by molar-refractivity contribution is 0.105. The van der Waals surface area contributed by atoms with Crippen LogP contribution in [0.25, 0.3) is 0 Å². The van der Waals surface area contributed by atoms with Crippen molar-refractivity contribution in [2.24, 2.45) is 0 Å². The van der Waals surface area contributed by atoms with Crippen molar-refractivity contribution in [1.82, 2.24) is 15.1 Å². The van der Waals surface area contributed by atoms with Gasteiger partial charge in [-0.1, -0.05) is 6.92 Å². The highest BCUT2D eigenvalue weighted by molar-refractivity contribution is 4.85. The maximum atomic E-state index is 3.47. The monoisotopic (exact) mass is 225 g/mol. The van der Waals surface area contributed by atoms with E-state index in [0.717, 1.165) is 12.1 Å². The predicted octanol–water partition coefficient (Wildman–Crippen LogP) is 1.15. The first-order valence-electron chi connectivity index (χ1n) is 6.96. The molecule has 2 aliphatic heterocycles. The molecule has 1 atom stereocenters. The van der Waals surface area contributed by atoms with E-state index in [-0.39, 0.29) is 0 Å². The topological polar surface area (TPSA) is 18.5 Å². The van der Waals surface area contributed by atoms with Gasteiger partial charge < -0.3 is 10.2 Å². The highest BCUT2D eigenvalue weighted by atomic mass is 15.3. The Hall–Kier alpha value is -0.120. The summed E-state index contributed by atoms with van der Waals surface area (Å²) in [6.45, 7) is 8.63. The zero-order valence-electron chi connectivity index (χ0n) is 10.9. The number of nitrogens with zero attached hydrogens (tertiary/aromatic N) is 2. The average Bonchev–Trinajstić information content (AvgIpc) is 2.51. The van der Waals surface area contributed by atoms with Crippen molar-refractivity contribution in [3.63, 3.8) is 0 Å². The lowest BCUT2D eigenvalue weighted by Crippen LogP contribution is -2.49. The van der Waals surface area contributed by atoms with Gasteiger partial charge in [-0.2, -0.15) is 0 Å². The predicted molar refractivity (Wildman–Crippen MR) is 68.8 cm³/mol. The maximum Gasteiger partial charge on any atom is 0.0223 e. The van der Waals surface area contributed by atoms with Crippen LogP contribution in [0.2, 0.25) is 0 Å². The maximum absolute atomic E-state index is 3.47. The summed E-state index contributed by atoms with van der Waals surface area (Å²) >= 11 is 0. The normalized spacial score (nSPS) is 31.5. The number of piperidine rings is 1. The number of hydrogen-bond donors (Lipinski definition) is 1. The van der Waals surface area contributed by atoms with Gasteiger partial charge in [-0.15, -0.1) is 0 Å². The molecule has 2 saturated heterocycles. The third-order valence-electron chi connectivity index (χ3n) is 4.20. The highest BCUT2D eigenvalue weighted by Crippen LogP contribution is 2.20. The summed E-state index contributed by atoms with van der Waals surface area (Å²) in [5, 5.41) is 3.47. The van der Waals surface area contributed by atoms with Crippen LogP contribution in [0.15, 0.2) is 0 Å². The standard InChI is InChI=1S/C13H27N3/c1-3-12-11-15(2)9-4-10-16(12)13-5-7-14-8-6-13/h12-14H,3-11H2,1-2H3. The fraction of sp³-hybridized carbons (Fsp3) is 1.00. The summed E-state index contributed by atoms with van der Waals surface area (Å²) < 4.78 is 0. The molecule has 2 heterocycles. The summed E-state index contributed by atoms with van der Waals surface area (Å²) in [7, 11) is 2.27. The Labute approximate surface area is 100 Å². The number of rotatable bonds is 2. The zero-order valence-corrected chi connectivity index (χ0v) is 10.9. The van der Waals surface area contributed by atoms with Crippen LogP contribution in [0.3, 0.4) is 0 Å². The Morgan fingerprint density at radius 1 is 1.19 bits per heavy atom. The van der Waals surface area contributed by atoms with Crippen LogP contribution in [0.4, 0.5) is 0 Å². The molecule has 0 bridgehead atoms. The van der Waals surface area contributed by atoms with Gasteiger partial charge in [0, 0.05) is 18.6 Å². The van der Waals surface area contributed by atoms with Gasteiger partial charge in [0.25, 0.3) is 0 Å². The molecule has 3 nitrogen and oxygen atoms in total. The summed E-state index contributed by atoms with van der Waals surface area (Å²) in [5.41, 5.74) is 0. The molecule has 2 rings (SSSR count). The fourth-order valence-corrected chi connectivity index (χ4v) is 3.24. The molecule has 0 radical (unpaired) electrons. The fourth-order valence-electron chi connectivity index (χ4n) is 3.24. The minimum Gasteiger partial charge on any atom is -0.317 e. The van der Waals surface area contributed by atoms with Gasteiger partial charge >= 0.3 is 0 Å². The van der Waals surface area contributed by atoms with E-state index in [1.807, 2.05) is 0 Å². The minimum absolute atomic E-state index is 0.788. The number of hydrogen-bond acceptors (Lipinski definition) is 3. The Kier molecular flexibility index (Phi) is 4.62. The van der Waals surface area contributed by atoms with Crippen LogP contribution in [0.1, 0.15) is 32.6 Å². The Morgan fingerprint density at radius 2 is 1.94 bits per heavy atom. The molecule has 0 saturated carbocycles. The van der Waals surface area contributed by atoms with E-state index >= 15 is 0 Å². The molecule has 1 N–H and O–H groups in total. The Balaban J connectivity index is 1.98. The molecular weight excluding hydrogens is 198 g/mol. The van der Waals surface area contributed by atoms with Crippen molar-refractivity contribution in [1.29, 1.82) is 0 Å². The third kappa shape index (κ3) is 2.96. The van der Waals surface area contributed by atoms with Crippen molar-refractivity contribution in [3.05, 3.63) is 0 Å². The van der Waals surface area contributed by atoms with E-state index in [2.05, 4.69) is 29.1 Å². The molecule has 2 fully saturated rings. The molecule has 1 unspecified atom stereocenters. The molecule has 0 spiro atoms. The summed E-state index contributed by atoms with van der Waals surface area (Å²) in [4.78, 5) is 5.32. The molecule has 94 valence electrons. The summed E-state index contributed by atoms with van der Waals surface area (Å²) in [5.74, 6) is 0. The van der Waals surface area contributed by atoms with E-state index in [0.29, 0.717) is 0 Å². The average molecular weight is 225 g/mol. The lowest BCUT2D eigenvalue weighted by atomic mass is 10.0. The third-order valence-corrected chi connectivity index (χ3v) is 4.20. The molecule has 3 heteroatoms. The van der Waals surface area contributed by atoms with Crippen molar-refractivity contribution in [2.75, 3.05) is 39.8 Å². The first-order valence-corrected chi connectivity index (χ1v) is 6.96. The smallest absolute Gasteiger partial charge is 0.0223 e. The molecule has 0 aromatic carbocycles. The molecule has 0 aliphatic carbocycles. The lowest BCUT2D eigenvalue weighted by Gasteiger charge is -2.39. The van der Waals surface area contributed by atoms with Crippen LogP contribution < -0.4 is 5.32 Å². The second-order valence-corrected chi connectivity index (χ2v) is 5.40. The second kappa shape index (κ2) is 5.99. The summed E-state index contributed by atoms with van der Waals surface area (Å²) in [6.07, 6.45) is 5.34. The van der Waals surface area contributed by atoms with Crippen molar-refractivity contribution < 1.29 is 0 Å². The molecule has 0 amide bonds. The van der Waals surface area contributed by atoms with Gasteiger partial charge in [0.1, 0.15) is 0 Å². The van der Waals surface area contributed by atoms with Gasteiger partial charge in [-0.3, -0.25) is 4.90 Å². The number of likely N-dealkylation sites (N-methyl/N-ethyl adjacent to an activating group) is 1. The van der Waals surface area contributed by atoms with Crippen LogP contribution in [-0.2, 0) is 0 Å². The Morgan fingerprint density at radius 3 is 2.62 bits per heavy atom. The van der Waals surface area contributed by atoms with Crippen molar-refractivity contribution in [3.8, 4) is 0 Å². The van der Waals surface area contributed by atoms with Crippen molar-refractivity contribution in [2.45, 2.75) is 44.7 Å². The van der Waals surface area contributed by atoms with E-state index in [1.165, 1.54) is 58.4 Å². The number of nitrogens with one attached hydrogen (secondary N) is 1. The van der Waals surface area contributed by atoms with Crippen molar-refractivity contribution >= 4 is 0 Å². The molecule has 0 aromatic heterocycles. The molecule has 0 aromatic rings. The molecule has 16 heavy (non-hydrogen) atoms. The quantitative estimate of drug-likeness (QED) is 0.761. The first kappa shape index (κ1) is 12.3. The molecular formula is C13H27N3. The minimum atomic E-state index is 0.788. The van der Waals surface area contributed by atoms with Crippen LogP contribution in [0, 0.1) is 0 Å². The first-order chi connectivity index (χ1) is 7.81. The highest BCUT2D eigenvalue weighted by Gasteiger charge is 2.28. The van der Waals surface area contributed by atoms with Gasteiger partial charge in [-0.05, 0) is 58.9 Å². The molecule has 2 aliphatic rings. The van der Waals surface area contributed by atoms with Crippen LogP contribution in [-0.4, -0.2) is 61.7 Å². The van der Waals surface area contributed by atoms with E-state index in [1.54, 1.807) is 0 Å². The largest absolute Gasteiger partial charge is 0.317 e. The van der Waals surface area contributed by atoms with Gasteiger partial charge in [0.15, 0.2) is 0 Å². The zero-order chi connectivity index (χ0) is 11.4. The SMILES string of the molecule is CCC1CN(C)CCCN1C1CCNCC1. The van der Waals surface area contributed by atoms with Gasteiger partial charge in [-0.25, -0.2) is 0 Å². The van der Waals surface area contributed by atoms with Crippen LogP contribution in [0.5, 0.6) is 0 Å².